The van der Waals surface area contributed by atoms with Crippen molar-refractivity contribution in [2.24, 2.45) is 29.6 Å². The Hall–Kier alpha value is -4.70. The highest BCUT2D eigenvalue weighted by molar-refractivity contribution is 6.34. The van der Waals surface area contributed by atoms with E-state index in [1.54, 1.807) is 22.8 Å². The minimum Gasteiger partial charge on any atom is -0.404 e. The van der Waals surface area contributed by atoms with Crippen molar-refractivity contribution < 1.29 is 32.8 Å². The third-order valence-electron chi connectivity index (χ3n) is 10.5. The molecule has 0 unspecified atom stereocenters. The molecular formula is C42H59ClF2N9O4+. The van der Waals surface area contributed by atoms with Gasteiger partial charge in [0.25, 0.3) is 11.8 Å². The van der Waals surface area contributed by atoms with Crippen molar-refractivity contribution in [3.63, 3.8) is 0 Å². The standard InChI is InChI=1S/C35H41ClF2N8O4.C5H11N.C2H6/c1-21(41-12-17-50-3)27(19-39)24-6-7-26(31(38)30(24)37)29-20-42-32(44(29)2)33(47)43-23-4-5-25(28(36)18-23)35(49)46-15-13-45(14-16-46)34(48)22-8-10-40-11-9-22;1-5-3-6(2)4-5;1-2/h4-7,18-20,22,40H,8-17,39H2,1-3H3,(H,43,47);5H,3-4H2,1-2H3;1-2H3/p+1/b27-19+,41-21?;;. The first-order chi connectivity index (χ1) is 27.8. The van der Waals surface area contributed by atoms with E-state index in [1.807, 2.05) is 18.7 Å². The molecule has 16 heteroatoms. The zero-order valence-electron chi connectivity index (χ0n) is 34.8. The van der Waals surface area contributed by atoms with Gasteiger partial charge in [-0.05, 0) is 57.1 Å². The Morgan fingerprint density at radius 1 is 1.05 bits per heavy atom. The predicted octanol–water partition coefficient (Wildman–Crippen LogP) is 4.14. The SMILES string of the molecule is CC.CC1C[NH+](C)C1.COCCN=C(C)/C(=C\N)c1ccc(-c2cnc(C(=O)Nc3ccc(C(=O)N4CCN(C(=O)C5CCNCC5)CC4)c(Cl)c3)n2C)c(F)c1F. The summed E-state index contributed by atoms with van der Waals surface area (Å²) in [5.41, 5.74) is 6.98. The number of hydrogen-bond acceptors (Lipinski definition) is 8. The van der Waals surface area contributed by atoms with Gasteiger partial charge < -0.3 is 40.4 Å². The molecule has 3 saturated heterocycles. The van der Waals surface area contributed by atoms with Crippen molar-refractivity contribution in [3.8, 4) is 11.3 Å². The van der Waals surface area contributed by atoms with Crippen LogP contribution in [0.15, 0.2) is 47.7 Å². The van der Waals surface area contributed by atoms with Gasteiger partial charge in [-0.1, -0.05) is 38.4 Å². The number of anilines is 1. The Morgan fingerprint density at radius 3 is 2.26 bits per heavy atom. The number of likely N-dealkylation sites (tertiary alicyclic amines) is 1. The van der Waals surface area contributed by atoms with Crippen molar-refractivity contribution in [1.29, 1.82) is 0 Å². The number of nitrogens with one attached hydrogen (secondary N) is 3. The number of aliphatic imine (C=N–C) groups is 1. The van der Waals surface area contributed by atoms with E-state index < -0.39 is 17.5 Å². The molecule has 5 N–H and O–H groups in total. The van der Waals surface area contributed by atoms with Gasteiger partial charge in [0.1, 0.15) is 0 Å². The lowest BCUT2D eigenvalue weighted by atomic mass is 9.96. The molecule has 316 valence electrons. The van der Waals surface area contributed by atoms with Crippen LogP contribution in [0.4, 0.5) is 14.5 Å². The van der Waals surface area contributed by atoms with Crippen molar-refractivity contribution in [3.05, 3.63) is 76.3 Å². The highest BCUT2D eigenvalue weighted by Gasteiger charge is 2.31. The Bertz CT molecular complexity index is 1940. The monoisotopic (exact) mass is 826 g/mol. The van der Waals surface area contributed by atoms with Crippen LogP contribution in [0.1, 0.15) is 67.1 Å². The summed E-state index contributed by atoms with van der Waals surface area (Å²) >= 11 is 6.51. The number of carbonyl (C=O) groups excluding carboxylic acids is 3. The van der Waals surface area contributed by atoms with Gasteiger partial charge in [-0.25, -0.2) is 13.8 Å². The fraction of sp³-hybridized carbons (Fsp3) is 0.500. The first kappa shape index (κ1) is 46.0. The first-order valence-electron chi connectivity index (χ1n) is 20.0. The molecule has 2 aromatic carbocycles. The number of ether oxygens (including phenoxy) is 1. The molecule has 3 aromatic rings. The fourth-order valence-electron chi connectivity index (χ4n) is 7.33. The zero-order valence-corrected chi connectivity index (χ0v) is 35.5. The fourth-order valence-corrected chi connectivity index (χ4v) is 7.59. The summed E-state index contributed by atoms with van der Waals surface area (Å²) in [5.74, 6) is -2.04. The normalized spacial score (nSPS) is 18.7. The second-order valence-electron chi connectivity index (χ2n) is 14.6. The predicted molar refractivity (Wildman–Crippen MR) is 225 cm³/mol. The van der Waals surface area contributed by atoms with Gasteiger partial charge in [-0.3, -0.25) is 19.4 Å². The highest BCUT2D eigenvalue weighted by atomic mass is 35.5. The maximum Gasteiger partial charge on any atom is 0.291 e. The molecule has 4 heterocycles. The molecule has 0 radical (unpaired) electrons. The average molecular weight is 827 g/mol. The number of rotatable bonds is 10. The van der Waals surface area contributed by atoms with Crippen LogP contribution in [-0.2, 0) is 16.6 Å². The van der Waals surface area contributed by atoms with E-state index in [2.05, 4.69) is 34.6 Å². The van der Waals surface area contributed by atoms with Crippen LogP contribution in [-0.4, -0.2) is 122 Å². The largest absolute Gasteiger partial charge is 0.404 e. The number of nitrogens with zero attached hydrogens (tertiary/aromatic N) is 5. The number of hydrogen-bond donors (Lipinski definition) is 4. The lowest BCUT2D eigenvalue weighted by molar-refractivity contribution is -0.930. The number of halogens is 3. The molecule has 3 fully saturated rings. The molecule has 13 nitrogen and oxygen atoms in total. The lowest BCUT2D eigenvalue weighted by Crippen LogP contribution is -3.17. The smallest absolute Gasteiger partial charge is 0.291 e. The summed E-state index contributed by atoms with van der Waals surface area (Å²) < 4.78 is 37.2. The van der Waals surface area contributed by atoms with Crippen LogP contribution in [0.25, 0.3) is 16.8 Å². The van der Waals surface area contributed by atoms with Crippen LogP contribution in [0.2, 0.25) is 5.02 Å². The Morgan fingerprint density at radius 2 is 1.69 bits per heavy atom. The van der Waals surface area contributed by atoms with Crippen molar-refractivity contribution in [1.82, 2.24) is 24.7 Å². The molecule has 3 aliphatic rings. The van der Waals surface area contributed by atoms with Crippen LogP contribution < -0.4 is 21.3 Å². The van der Waals surface area contributed by atoms with E-state index in [0.29, 0.717) is 50.7 Å². The molecule has 6 rings (SSSR count). The summed E-state index contributed by atoms with van der Waals surface area (Å²) in [6.07, 6.45) is 4.10. The number of carbonyl (C=O) groups is 3. The molecule has 1 aromatic heterocycles. The number of amides is 3. The number of benzene rings is 2. The number of piperazine rings is 1. The summed E-state index contributed by atoms with van der Waals surface area (Å²) in [4.78, 5) is 53.0. The Kier molecular flexibility index (Phi) is 17.4. The van der Waals surface area contributed by atoms with Crippen LogP contribution in [0.5, 0.6) is 0 Å². The summed E-state index contributed by atoms with van der Waals surface area (Å²) in [7, 11) is 5.28. The van der Waals surface area contributed by atoms with Crippen LogP contribution >= 0.6 is 11.6 Å². The first-order valence-corrected chi connectivity index (χ1v) is 20.4. The molecule has 0 atom stereocenters. The average Bonchev–Trinajstić information content (AvgIpc) is 3.61. The highest BCUT2D eigenvalue weighted by Crippen LogP contribution is 2.31. The van der Waals surface area contributed by atoms with Gasteiger partial charge in [-0.2, -0.15) is 0 Å². The Labute approximate surface area is 345 Å². The number of nitrogens with two attached hydrogens (primary N) is 1. The summed E-state index contributed by atoms with van der Waals surface area (Å²) in [6.45, 7) is 14.8. The lowest BCUT2D eigenvalue weighted by Gasteiger charge is -2.37. The summed E-state index contributed by atoms with van der Waals surface area (Å²) in [6, 6.07) is 7.33. The van der Waals surface area contributed by atoms with Crippen LogP contribution in [0, 0.1) is 23.5 Å². The minimum absolute atomic E-state index is 0.0261. The van der Waals surface area contributed by atoms with Gasteiger partial charge in [0.2, 0.25) is 5.91 Å². The van der Waals surface area contributed by atoms with E-state index in [9.17, 15) is 14.4 Å². The van der Waals surface area contributed by atoms with E-state index >= 15 is 8.78 Å². The van der Waals surface area contributed by atoms with E-state index in [-0.39, 0.29) is 56.5 Å². The molecule has 3 amide bonds. The number of aromatic nitrogens is 2. The van der Waals surface area contributed by atoms with E-state index in [1.165, 1.54) is 68.5 Å². The van der Waals surface area contributed by atoms with Gasteiger partial charge in [0.05, 0.1) is 61.7 Å². The van der Waals surface area contributed by atoms with Gasteiger partial charge in [0.15, 0.2) is 17.5 Å². The minimum atomic E-state index is -1.14. The number of quaternary nitrogens is 1. The van der Waals surface area contributed by atoms with Crippen LogP contribution in [0.3, 0.4) is 0 Å². The topological polar surface area (TPSA) is 152 Å². The van der Waals surface area contributed by atoms with Crippen molar-refractivity contribution in [2.45, 2.75) is 40.5 Å². The molecule has 0 spiro atoms. The van der Waals surface area contributed by atoms with Gasteiger partial charge in [-0.15, -0.1) is 0 Å². The van der Waals surface area contributed by atoms with Gasteiger partial charge >= 0.3 is 0 Å². The number of allylic oxidation sites excluding steroid dienone is 1. The third kappa shape index (κ3) is 11.3. The Balaban J connectivity index is 0.000000840. The van der Waals surface area contributed by atoms with Crippen molar-refractivity contribution in [2.75, 3.05) is 85.0 Å². The number of methoxy groups -OCH3 is 1. The quantitative estimate of drug-likeness (QED) is 0.177. The van der Waals surface area contributed by atoms with E-state index in [0.717, 1.165) is 31.8 Å². The maximum atomic E-state index is 15.5. The molecule has 0 bridgehead atoms. The maximum absolute atomic E-state index is 15.5. The molecule has 0 aliphatic carbocycles. The van der Waals surface area contributed by atoms with Gasteiger partial charge in [0, 0.05) is 80.6 Å². The zero-order chi connectivity index (χ0) is 42.5. The third-order valence-corrected chi connectivity index (χ3v) is 10.8. The molecule has 58 heavy (non-hydrogen) atoms. The second-order valence-corrected chi connectivity index (χ2v) is 15.0. The van der Waals surface area contributed by atoms with E-state index in [4.69, 9.17) is 22.1 Å². The molecule has 3 aliphatic heterocycles. The van der Waals surface area contributed by atoms with Crippen molar-refractivity contribution >= 4 is 46.3 Å². The molecular weight excluding hydrogens is 768 g/mol. The number of piperidine rings is 1. The number of imidazole rings is 1. The molecule has 0 saturated carbocycles. The summed E-state index contributed by atoms with van der Waals surface area (Å²) in [5, 5.41) is 6.11. The second kappa shape index (κ2) is 21.9.